The maximum atomic E-state index is 12.9. The maximum Gasteiger partial charge on any atom is 0.408 e. The largest absolute Gasteiger partial charge is 0.444 e. The van der Waals surface area contributed by atoms with Crippen LogP contribution in [0.4, 0.5) is 9.18 Å². The zero-order valence-corrected chi connectivity index (χ0v) is 11.6. The highest BCUT2D eigenvalue weighted by molar-refractivity contribution is 5.89. The van der Waals surface area contributed by atoms with Crippen molar-refractivity contribution in [3.63, 3.8) is 0 Å². The van der Waals surface area contributed by atoms with E-state index < -0.39 is 23.6 Å². The summed E-state index contributed by atoms with van der Waals surface area (Å²) in [6.07, 6.45) is -0.724. The van der Waals surface area contributed by atoms with Gasteiger partial charge in [-0.05, 0) is 38.5 Å². The van der Waals surface area contributed by atoms with E-state index in [1.54, 1.807) is 20.8 Å². The number of hydrogen-bond donors (Lipinski definition) is 3. The van der Waals surface area contributed by atoms with Crippen molar-refractivity contribution in [2.75, 3.05) is 0 Å². The number of nitrogens with one attached hydrogen (secondary N) is 1. The number of rotatable bonds is 3. The maximum absolute atomic E-state index is 12.9. The van der Waals surface area contributed by atoms with Gasteiger partial charge >= 0.3 is 6.09 Å². The Morgan fingerprint density at radius 2 is 1.95 bits per heavy atom. The second kappa shape index (κ2) is 6.23. The number of carbonyl (C=O) groups excluding carboxylic acids is 1. The first-order valence-corrected chi connectivity index (χ1v) is 5.95. The Hall–Kier alpha value is -2.31. The standard InChI is InChI=1S/C13H18FN3O3/c1-13(2,3)20-12(18)16-10(11(15)17-19)8-4-6-9(14)7-5-8/h4-7,10,19H,1-3H3,(H2,15,17)(H,16,18)/t10-/m1/s1. The minimum Gasteiger partial charge on any atom is -0.444 e. The fourth-order valence-electron chi connectivity index (χ4n) is 1.47. The highest BCUT2D eigenvalue weighted by Crippen LogP contribution is 2.15. The molecule has 1 amide bonds. The molecule has 20 heavy (non-hydrogen) atoms. The number of hydrogen-bond acceptors (Lipinski definition) is 4. The van der Waals surface area contributed by atoms with Gasteiger partial charge in [0, 0.05) is 0 Å². The predicted octanol–water partition coefficient (Wildman–Crippen LogP) is 2.14. The van der Waals surface area contributed by atoms with Gasteiger partial charge in [-0.3, -0.25) is 0 Å². The molecule has 7 heteroatoms. The normalized spacial score (nSPS) is 13.7. The summed E-state index contributed by atoms with van der Waals surface area (Å²) in [5, 5.41) is 14.1. The SMILES string of the molecule is CC(C)(C)OC(=O)N[C@@H](/C(N)=N\O)c1ccc(F)cc1. The summed E-state index contributed by atoms with van der Waals surface area (Å²) in [6.45, 7) is 5.13. The van der Waals surface area contributed by atoms with Gasteiger partial charge in [0.05, 0.1) is 0 Å². The molecule has 0 aliphatic carbocycles. The first-order valence-electron chi connectivity index (χ1n) is 5.95. The van der Waals surface area contributed by atoms with Crippen molar-refractivity contribution in [3.05, 3.63) is 35.6 Å². The van der Waals surface area contributed by atoms with Crippen LogP contribution in [0.3, 0.4) is 0 Å². The van der Waals surface area contributed by atoms with Crippen molar-refractivity contribution in [1.29, 1.82) is 0 Å². The molecular formula is C13H18FN3O3. The minimum atomic E-state index is -0.907. The van der Waals surface area contributed by atoms with Crippen LogP contribution in [-0.4, -0.2) is 22.7 Å². The number of amidine groups is 1. The van der Waals surface area contributed by atoms with E-state index in [1.165, 1.54) is 24.3 Å². The number of nitrogens with zero attached hydrogens (tertiary/aromatic N) is 1. The van der Waals surface area contributed by atoms with E-state index >= 15 is 0 Å². The molecule has 0 saturated carbocycles. The van der Waals surface area contributed by atoms with Gasteiger partial charge in [-0.2, -0.15) is 0 Å². The first kappa shape index (κ1) is 15.7. The Morgan fingerprint density at radius 3 is 2.40 bits per heavy atom. The molecule has 1 aromatic rings. The molecule has 4 N–H and O–H groups in total. The number of ether oxygens (including phenoxy) is 1. The van der Waals surface area contributed by atoms with Crippen LogP contribution in [0.2, 0.25) is 0 Å². The molecule has 1 aromatic carbocycles. The zero-order chi connectivity index (χ0) is 15.3. The van der Waals surface area contributed by atoms with Crippen molar-refractivity contribution in [2.45, 2.75) is 32.4 Å². The minimum absolute atomic E-state index is 0.234. The molecule has 1 atom stereocenters. The molecule has 6 nitrogen and oxygen atoms in total. The molecular weight excluding hydrogens is 265 g/mol. The Labute approximate surface area is 116 Å². The quantitative estimate of drug-likeness (QED) is 0.342. The lowest BCUT2D eigenvalue weighted by molar-refractivity contribution is 0.0516. The fraction of sp³-hybridized carbons (Fsp3) is 0.385. The van der Waals surface area contributed by atoms with E-state index in [2.05, 4.69) is 10.5 Å². The number of benzene rings is 1. The average Bonchev–Trinajstić information content (AvgIpc) is 2.34. The second-order valence-corrected chi connectivity index (χ2v) is 5.16. The third-order valence-corrected chi connectivity index (χ3v) is 2.28. The summed E-state index contributed by atoms with van der Waals surface area (Å²) in [4.78, 5) is 11.7. The molecule has 0 heterocycles. The van der Waals surface area contributed by atoms with Crippen LogP contribution in [0.15, 0.2) is 29.4 Å². The Kier molecular flexibility index (Phi) is 4.90. The fourth-order valence-corrected chi connectivity index (χ4v) is 1.47. The topological polar surface area (TPSA) is 96.9 Å². The smallest absolute Gasteiger partial charge is 0.408 e. The molecule has 0 spiro atoms. The average molecular weight is 283 g/mol. The van der Waals surface area contributed by atoms with E-state index in [1.807, 2.05) is 0 Å². The molecule has 0 bridgehead atoms. The monoisotopic (exact) mass is 283 g/mol. The van der Waals surface area contributed by atoms with Gasteiger partial charge in [-0.1, -0.05) is 17.3 Å². The van der Waals surface area contributed by atoms with Gasteiger partial charge < -0.3 is 21.0 Å². The van der Waals surface area contributed by atoms with Gasteiger partial charge in [0.25, 0.3) is 0 Å². The Balaban J connectivity index is 2.91. The van der Waals surface area contributed by atoms with Crippen molar-refractivity contribution in [1.82, 2.24) is 5.32 Å². The molecule has 0 radical (unpaired) electrons. The Bertz CT molecular complexity index is 495. The second-order valence-electron chi connectivity index (χ2n) is 5.16. The lowest BCUT2D eigenvalue weighted by Crippen LogP contribution is -2.40. The summed E-state index contributed by atoms with van der Waals surface area (Å²) in [5.74, 6) is -0.660. The summed E-state index contributed by atoms with van der Waals surface area (Å²) in [5.41, 5.74) is 5.32. The van der Waals surface area contributed by atoms with Crippen LogP contribution >= 0.6 is 0 Å². The van der Waals surface area contributed by atoms with Crippen LogP contribution in [0.25, 0.3) is 0 Å². The van der Waals surface area contributed by atoms with Crippen molar-refractivity contribution < 1.29 is 19.1 Å². The number of oxime groups is 1. The molecule has 0 aliphatic rings. The number of halogens is 1. The third-order valence-electron chi connectivity index (χ3n) is 2.28. The highest BCUT2D eigenvalue weighted by atomic mass is 19.1. The molecule has 110 valence electrons. The molecule has 0 saturated heterocycles. The number of alkyl carbamates (subject to hydrolysis) is 1. The van der Waals surface area contributed by atoms with E-state index in [-0.39, 0.29) is 5.84 Å². The molecule has 0 fully saturated rings. The van der Waals surface area contributed by atoms with Crippen molar-refractivity contribution in [2.24, 2.45) is 10.9 Å². The highest BCUT2D eigenvalue weighted by Gasteiger charge is 2.23. The van der Waals surface area contributed by atoms with Gasteiger partial charge in [-0.15, -0.1) is 0 Å². The number of amides is 1. The van der Waals surface area contributed by atoms with E-state index in [0.29, 0.717) is 5.56 Å². The van der Waals surface area contributed by atoms with Gasteiger partial charge in [0.2, 0.25) is 0 Å². The summed E-state index contributed by atoms with van der Waals surface area (Å²) in [6, 6.07) is 4.37. The predicted molar refractivity (Wildman–Crippen MR) is 71.9 cm³/mol. The zero-order valence-electron chi connectivity index (χ0n) is 11.6. The van der Waals surface area contributed by atoms with Crippen LogP contribution in [0.1, 0.15) is 32.4 Å². The lowest BCUT2D eigenvalue weighted by Gasteiger charge is -2.23. The molecule has 0 aromatic heterocycles. The van der Waals surface area contributed by atoms with E-state index in [0.717, 1.165) is 0 Å². The van der Waals surface area contributed by atoms with Gasteiger partial charge in [0.1, 0.15) is 17.5 Å². The van der Waals surface area contributed by atoms with Crippen LogP contribution in [-0.2, 0) is 4.74 Å². The van der Waals surface area contributed by atoms with Crippen molar-refractivity contribution in [3.8, 4) is 0 Å². The lowest BCUT2D eigenvalue weighted by atomic mass is 10.1. The molecule has 1 rings (SSSR count). The van der Waals surface area contributed by atoms with Gasteiger partial charge in [-0.25, -0.2) is 9.18 Å². The number of carbonyl (C=O) groups is 1. The van der Waals surface area contributed by atoms with Gasteiger partial charge in [0.15, 0.2) is 5.84 Å². The molecule has 0 aliphatic heterocycles. The van der Waals surface area contributed by atoms with Crippen LogP contribution in [0.5, 0.6) is 0 Å². The van der Waals surface area contributed by atoms with E-state index in [4.69, 9.17) is 15.7 Å². The summed E-state index contributed by atoms with van der Waals surface area (Å²) >= 11 is 0. The van der Waals surface area contributed by atoms with Crippen molar-refractivity contribution >= 4 is 11.9 Å². The van der Waals surface area contributed by atoms with Crippen LogP contribution < -0.4 is 11.1 Å². The Morgan fingerprint density at radius 1 is 1.40 bits per heavy atom. The van der Waals surface area contributed by atoms with Crippen LogP contribution in [0, 0.1) is 5.82 Å². The molecule has 0 unspecified atom stereocenters. The first-order chi connectivity index (χ1) is 9.23. The summed E-state index contributed by atoms with van der Waals surface area (Å²) < 4.78 is 18.0. The summed E-state index contributed by atoms with van der Waals surface area (Å²) in [7, 11) is 0. The third kappa shape index (κ3) is 4.75. The van der Waals surface area contributed by atoms with E-state index in [9.17, 15) is 9.18 Å². The number of nitrogens with two attached hydrogens (primary N) is 1.